The van der Waals surface area contributed by atoms with Gasteiger partial charge < -0.3 is 38.5 Å². The summed E-state index contributed by atoms with van der Waals surface area (Å²) in [5.74, 6) is -2.62. The number of aryl methyl sites for hydroxylation is 4. The fourth-order valence-electron chi connectivity index (χ4n) is 12.7. The molecule has 0 radical (unpaired) electrons. The molecule has 10 aromatic rings. The van der Waals surface area contributed by atoms with E-state index in [1.54, 1.807) is 54.6 Å². The summed E-state index contributed by atoms with van der Waals surface area (Å²) in [6, 6.07) is 71.7. The average Bonchev–Trinajstić information content (AvgIpc) is 3.22. The zero-order valence-electron chi connectivity index (χ0n) is 46.0. The molecule has 10 aromatic carbocycles. The Morgan fingerprint density at radius 3 is 0.798 bits per heavy atom. The lowest BCUT2D eigenvalue weighted by Gasteiger charge is -2.35. The van der Waals surface area contributed by atoms with Gasteiger partial charge in [-0.2, -0.15) is 0 Å². The van der Waals surface area contributed by atoms with E-state index in [1.165, 1.54) is 18.2 Å². The van der Waals surface area contributed by atoms with Gasteiger partial charge in [0.2, 0.25) is 0 Å². The summed E-state index contributed by atoms with van der Waals surface area (Å²) in [7, 11) is -8.92. The Morgan fingerprint density at radius 2 is 0.500 bits per heavy atom. The van der Waals surface area contributed by atoms with Gasteiger partial charge >= 0.3 is 15.2 Å². The molecule has 0 saturated carbocycles. The lowest BCUT2D eigenvalue weighted by atomic mass is 9.76. The van der Waals surface area contributed by atoms with Crippen LogP contribution in [0.2, 0.25) is 0 Å². The number of phenolic OH excluding ortho intramolecular Hbond substituents is 4. The molecule has 12 heteroatoms. The Morgan fingerprint density at radius 1 is 0.274 bits per heavy atom. The molecule has 2 heterocycles. The minimum atomic E-state index is -4.46. The molecule has 6 atom stereocenters. The quantitative estimate of drug-likeness (QED) is 0.0775. The highest BCUT2D eigenvalue weighted by molar-refractivity contribution is 7.63. The van der Waals surface area contributed by atoms with Crippen LogP contribution in [0.4, 0.5) is 0 Å². The standard InChI is InChI=1S/C72H62O10P2/c73-65-43-66(74)58-39-57(65)53(35-31-47-19-7-1-8-20-47)59-40-61-55(37-33-49-23-11-3-12-24-49)63-42-64-56(38-34-50-25-13-4-14-26-50)62-41-60(54(58)36-32-48-21-9-2-10-22-48)68(76)45-70(62)80-84(78,52-29-17-6-18-30-52)82-72(64)46-71(63)81-83(77,51-27-15-5-16-28-51)79-69(61)44-67(59)75/h1-30,39-46,53-56,73-76H,31-38H2. The van der Waals surface area contributed by atoms with Crippen molar-refractivity contribution in [3.63, 3.8) is 0 Å². The number of phenols is 4. The van der Waals surface area contributed by atoms with Gasteiger partial charge in [0.05, 0.1) is 10.6 Å². The first-order chi connectivity index (χ1) is 41.0. The number of aromatic hydroxyl groups is 4. The second-order valence-corrected chi connectivity index (χ2v) is 25.9. The SMILES string of the molecule is O=P1(c2ccccc2)Oc2cc(O)c3cc2C(CCc2ccccc2)c2cc4c(cc2O1)OP(=O)(c1ccccc1)Oc1cc(O)c(cc1C4CCc1ccccc1)C(CCc1ccccc1)c1cc(c(O)cc1O)C3CCc1ccccc1. The number of fused-ring (bicyclic) bond motifs is 4. The molecule has 420 valence electrons. The van der Waals surface area contributed by atoms with E-state index in [0.29, 0.717) is 95.9 Å². The third kappa shape index (κ3) is 10.8. The van der Waals surface area contributed by atoms with Crippen molar-refractivity contribution < 1.29 is 47.7 Å². The number of hydrogen-bond donors (Lipinski definition) is 4. The van der Waals surface area contributed by atoms with Crippen LogP contribution in [0.25, 0.3) is 0 Å². The summed E-state index contributed by atoms with van der Waals surface area (Å²) in [4.78, 5) is 0. The Balaban J connectivity index is 1.15. The van der Waals surface area contributed by atoms with Crippen LogP contribution < -0.4 is 28.7 Å². The van der Waals surface area contributed by atoms with Crippen molar-refractivity contribution in [2.24, 2.45) is 0 Å². The molecule has 10 nitrogen and oxygen atoms in total. The van der Waals surface area contributed by atoms with Gasteiger partial charge in [-0.25, -0.2) is 9.13 Å². The minimum absolute atomic E-state index is 0.155. The van der Waals surface area contributed by atoms with Gasteiger partial charge in [-0.05, 0) is 122 Å². The van der Waals surface area contributed by atoms with Crippen LogP contribution in [0, 0.1) is 0 Å². The first kappa shape index (κ1) is 54.3. The van der Waals surface area contributed by atoms with E-state index in [9.17, 15) is 20.4 Å². The Bertz CT molecular complexity index is 3850. The predicted molar refractivity (Wildman–Crippen MR) is 329 cm³/mol. The van der Waals surface area contributed by atoms with E-state index >= 15 is 9.13 Å². The van der Waals surface area contributed by atoms with Gasteiger partial charge in [-0.3, -0.25) is 0 Å². The van der Waals surface area contributed by atoms with E-state index in [0.717, 1.165) is 22.3 Å². The van der Waals surface area contributed by atoms with Crippen molar-refractivity contribution in [3.8, 4) is 46.0 Å². The molecule has 6 unspecified atom stereocenters. The second-order valence-electron chi connectivity index (χ2n) is 22.1. The second kappa shape index (κ2) is 23.0. The summed E-state index contributed by atoms with van der Waals surface area (Å²) in [6.45, 7) is 0. The number of benzene rings is 10. The molecule has 0 aromatic heterocycles. The van der Waals surface area contributed by atoms with Gasteiger partial charge in [0, 0.05) is 92.4 Å². The third-order valence-electron chi connectivity index (χ3n) is 16.9. The molecule has 0 saturated heterocycles. The number of hydrogen-bond acceptors (Lipinski definition) is 10. The van der Waals surface area contributed by atoms with Crippen LogP contribution in [0.5, 0.6) is 46.0 Å². The van der Waals surface area contributed by atoms with Crippen molar-refractivity contribution >= 4 is 25.8 Å². The molecule has 13 rings (SSSR count). The largest absolute Gasteiger partial charge is 0.508 e. The van der Waals surface area contributed by atoms with E-state index in [1.807, 2.05) is 127 Å². The average molecular weight is 1150 g/mol. The predicted octanol–water partition coefficient (Wildman–Crippen LogP) is 16.5. The highest BCUT2D eigenvalue weighted by Gasteiger charge is 2.43. The summed E-state index contributed by atoms with van der Waals surface area (Å²) in [5, 5.41) is 50.9. The third-order valence-corrected chi connectivity index (χ3v) is 20.5. The Hall–Kier alpha value is -8.94. The van der Waals surface area contributed by atoms with Crippen LogP contribution in [0.15, 0.2) is 231 Å². The first-order valence-electron chi connectivity index (χ1n) is 28.7. The zero-order chi connectivity index (χ0) is 57.4. The van der Waals surface area contributed by atoms with Crippen molar-refractivity contribution in [2.75, 3.05) is 0 Å². The normalized spacial score (nSPS) is 20.1. The Kier molecular flexibility index (Phi) is 14.9. The topological polar surface area (TPSA) is 152 Å². The highest BCUT2D eigenvalue weighted by atomic mass is 31.2. The van der Waals surface area contributed by atoms with Crippen LogP contribution in [-0.2, 0) is 34.8 Å². The fourth-order valence-corrected chi connectivity index (χ4v) is 15.9. The Labute approximate surface area is 489 Å². The highest BCUT2D eigenvalue weighted by Crippen LogP contribution is 2.62. The molecule has 4 N–H and O–H groups in total. The monoisotopic (exact) mass is 1150 g/mol. The molecular formula is C72H62O10P2. The molecule has 8 bridgehead atoms. The van der Waals surface area contributed by atoms with E-state index < -0.39 is 38.9 Å². The summed E-state index contributed by atoms with van der Waals surface area (Å²) in [5.41, 5.74) is 8.60. The maximum Gasteiger partial charge on any atom is 0.462 e. The molecule has 2 aliphatic heterocycles. The van der Waals surface area contributed by atoms with Crippen molar-refractivity contribution in [2.45, 2.75) is 75.0 Å². The van der Waals surface area contributed by atoms with E-state index in [2.05, 4.69) is 30.3 Å². The fraction of sp³-hybridized carbons (Fsp3) is 0.167. The van der Waals surface area contributed by atoms with Crippen LogP contribution in [0.1, 0.15) is 116 Å². The maximum atomic E-state index is 16.2. The van der Waals surface area contributed by atoms with Gasteiger partial charge in [0.25, 0.3) is 0 Å². The van der Waals surface area contributed by atoms with Crippen LogP contribution in [-0.4, -0.2) is 20.4 Å². The zero-order valence-corrected chi connectivity index (χ0v) is 47.8. The van der Waals surface area contributed by atoms with Crippen molar-refractivity contribution in [1.82, 2.24) is 0 Å². The maximum absolute atomic E-state index is 16.2. The first-order valence-corrected chi connectivity index (χ1v) is 31.8. The van der Waals surface area contributed by atoms with Gasteiger partial charge in [0.1, 0.15) is 46.0 Å². The van der Waals surface area contributed by atoms with Crippen molar-refractivity contribution in [3.05, 3.63) is 297 Å². The molecule has 0 amide bonds. The number of rotatable bonds is 14. The van der Waals surface area contributed by atoms with Gasteiger partial charge in [-0.1, -0.05) is 158 Å². The molecule has 0 spiro atoms. The minimum Gasteiger partial charge on any atom is -0.508 e. The molecular weight excluding hydrogens is 1090 g/mol. The van der Waals surface area contributed by atoms with Crippen LogP contribution >= 0.6 is 15.2 Å². The summed E-state index contributed by atoms with van der Waals surface area (Å²) < 4.78 is 60.0. The lowest BCUT2D eigenvalue weighted by molar-refractivity contribution is 0.376. The summed E-state index contributed by atoms with van der Waals surface area (Å²) in [6.07, 6.45) is 3.97. The lowest BCUT2D eigenvalue weighted by Crippen LogP contribution is -2.22. The van der Waals surface area contributed by atoms with Gasteiger partial charge in [0.15, 0.2) is 0 Å². The smallest absolute Gasteiger partial charge is 0.462 e. The van der Waals surface area contributed by atoms with Crippen molar-refractivity contribution in [1.29, 1.82) is 0 Å². The summed E-state index contributed by atoms with van der Waals surface area (Å²) >= 11 is 0. The molecule has 1 aliphatic carbocycles. The molecule has 0 fully saturated rings. The van der Waals surface area contributed by atoms with E-state index in [4.69, 9.17) is 18.1 Å². The molecule has 3 aliphatic rings. The molecule has 84 heavy (non-hydrogen) atoms. The van der Waals surface area contributed by atoms with E-state index in [-0.39, 0.29) is 56.6 Å². The van der Waals surface area contributed by atoms with Crippen LogP contribution in [0.3, 0.4) is 0 Å². The van der Waals surface area contributed by atoms with Gasteiger partial charge in [-0.15, -0.1) is 0 Å².